The van der Waals surface area contributed by atoms with Crippen molar-refractivity contribution < 1.29 is 4.39 Å². The van der Waals surface area contributed by atoms with Crippen LogP contribution in [0, 0.1) is 0 Å². The predicted octanol–water partition coefficient (Wildman–Crippen LogP) is 3.51. The third kappa shape index (κ3) is 2.80. The fourth-order valence-electron chi connectivity index (χ4n) is 2.65. The summed E-state index contributed by atoms with van der Waals surface area (Å²) in [5.41, 5.74) is 1.75. The number of rotatable bonds is 2. The number of aliphatic imine (C=N–C) groups is 1. The van der Waals surface area contributed by atoms with Gasteiger partial charge in [0.05, 0.1) is 11.9 Å². The van der Waals surface area contributed by atoms with Crippen LogP contribution in [0.1, 0.15) is 24.8 Å². The number of alkyl halides is 1. The third-order valence-corrected chi connectivity index (χ3v) is 3.90. The summed E-state index contributed by atoms with van der Waals surface area (Å²) >= 11 is 5.89. The summed E-state index contributed by atoms with van der Waals surface area (Å²) in [5.74, 6) is -0.377. The van der Waals surface area contributed by atoms with Gasteiger partial charge < -0.3 is 10.2 Å². The maximum absolute atomic E-state index is 13.9. The van der Waals surface area contributed by atoms with Crippen molar-refractivity contribution in [3.63, 3.8) is 0 Å². The molecule has 1 fully saturated rings. The highest BCUT2D eigenvalue weighted by Gasteiger charge is 2.17. The van der Waals surface area contributed by atoms with Crippen molar-refractivity contribution in [3.05, 3.63) is 35.7 Å². The van der Waals surface area contributed by atoms with Crippen LogP contribution in [-0.4, -0.2) is 24.9 Å². The lowest BCUT2D eigenvalue weighted by atomic mass is 10.1. The molecule has 20 heavy (non-hydrogen) atoms. The number of anilines is 1. The lowest BCUT2D eigenvalue weighted by molar-refractivity contribution is 0.578. The van der Waals surface area contributed by atoms with Gasteiger partial charge in [-0.3, -0.25) is 4.99 Å². The van der Waals surface area contributed by atoms with E-state index in [1.165, 1.54) is 25.5 Å². The Hall–Kier alpha value is -1.55. The molecule has 1 N–H and O–H groups in total. The largest absolute Gasteiger partial charge is 0.372 e. The van der Waals surface area contributed by atoms with E-state index in [1.807, 2.05) is 18.2 Å². The first-order chi connectivity index (χ1) is 9.74. The minimum absolute atomic E-state index is 0.377. The maximum atomic E-state index is 13.9. The normalized spacial score (nSPS) is 22.9. The standard InChI is InChI=1S/C15H17ClFN3/c16-15-18-10-13(17)14(19-15)11-5-4-6-12(9-11)20-7-2-1-3-8-20/h4-6,9-10,15,19H,1-3,7-8H2. The molecule has 0 aliphatic carbocycles. The molecule has 1 atom stereocenters. The van der Waals surface area contributed by atoms with Gasteiger partial charge in [-0.1, -0.05) is 23.7 Å². The quantitative estimate of drug-likeness (QED) is 0.667. The maximum Gasteiger partial charge on any atom is 0.195 e. The van der Waals surface area contributed by atoms with E-state index in [2.05, 4.69) is 21.3 Å². The van der Waals surface area contributed by atoms with Crippen LogP contribution in [0.15, 0.2) is 35.1 Å². The van der Waals surface area contributed by atoms with Crippen LogP contribution >= 0.6 is 11.6 Å². The number of nitrogens with zero attached hydrogens (tertiary/aromatic N) is 2. The topological polar surface area (TPSA) is 27.6 Å². The summed E-state index contributed by atoms with van der Waals surface area (Å²) in [6.07, 6.45) is 4.91. The van der Waals surface area contributed by atoms with Crippen LogP contribution in [-0.2, 0) is 0 Å². The molecule has 0 bridgehead atoms. The van der Waals surface area contributed by atoms with Crippen LogP contribution in [0.4, 0.5) is 10.1 Å². The van der Waals surface area contributed by atoms with E-state index in [1.54, 1.807) is 0 Å². The highest BCUT2D eigenvalue weighted by molar-refractivity contribution is 6.21. The molecule has 2 aliphatic rings. The van der Waals surface area contributed by atoms with Crippen LogP contribution in [0.3, 0.4) is 0 Å². The van der Waals surface area contributed by atoms with E-state index in [-0.39, 0.29) is 5.83 Å². The van der Waals surface area contributed by atoms with Crippen molar-refractivity contribution in [1.82, 2.24) is 5.32 Å². The summed E-state index contributed by atoms with van der Waals surface area (Å²) in [4.78, 5) is 6.13. The van der Waals surface area contributed by atoms with Crippen molar-refractivity contribution in [2.45, 2.75) is 24.9 Å². The molecule has 1 saturated heterocycles. The highest BCUT2D eigenvalue weighted by atomic mass is 35.5. The van der Waals surface area contributed by atoms with Crippen molar-refractivity contribution >= 4 is 29.2 Å². The fraction of sp³-hybridized carbons (Fsp3) is 0.400. The van der Waals surface area contributed by atoms with Gasteiger partial charge in [-0.2, -0.15) is 0 Å². The Labute approximate surface area is 123 Å². The van der Waals surface area contributed by atoms with E-state index < -0.39 is 5.62 Å². The van der Waals surface area contributed by atoms with Crippen molar-refractivity contribution in [3.8, 4) is 0 Å². The first kappa shape index (κ1) is 13.4. The van der Waals surface area contributed by atoms with Crippen LogP contribution in [0.5, 0.6) is 0 Å². The Morgan fingerprint density at radius 2 is 2.05 bits per heavy atom. The second kappa shape index (κ2) is 5.83. The number of nitrogens with one attached hydrogen (secondary N) is 1. The average molecular weight is 294 g/mol. The number of halogens is 2. The zero-order chi connectivity index (χ0) is 13.9. The lowest BCUT2D eigenvalue weighted by Gasteiger charge is -2.29. The zero-order valence-corrected chi connectivity index (χ0v) is 11.9. The molecule has 1 aromatic rings. The Morgan fingerprint density at radius 1 is 1.25 bits per heavy atom. The molecule has 2 aliphatic heterocycles. The van der Waals surface area contributed by atoms with E-state index in [0.717, 1.165) is 24.3 Å². The van der Waals surface area contributed by atoms with Crippen LogP contribution in [0.2, 0.25) is 0 Å². The summed E-state index contributed by atoms with van der Waals surface area (Å²) in [7, 11) is 0. The van der Waals surface area contributed by atoms with Crippen LogP contribution in [0.25, 0.3) is 5.70 Å². The molecular weight excluding hydrogens is 277 g/mol. The van der Waals surface area contributed by atoms with Crippen molar-refractivity contribution in [2.24, 2.45) is 4.99 Å². The van der Waals surface area contributed by atoms with E-state index in [9.17, 15) is 4.39 Å². The molecular formula is C15H17ClFN3. The fourth-order valence-corrected chi connectivity index (χ4v) is 2.82. The van der Waals surface area contributed by atoms with Gasteiger partial charge in [0.15, 0.2) is 11.5 Å². The molecule has 2 heterocycles. The number of benzene rings is 1. The number of allylic oxidation sites excluding steroid dienone is 1. The molecule has 1 unspecified atom stereocenters. The minimum Gasteiger partial charge on any atom is -0.372 e. The highest BCUT2D eigenvalue weighted by Crippen LogP contribution is 2.26. The molecule has 0 radical (unpaired) electrons. The zero-order valence-electron chi connectivity index (χ0n) is 11.1. The molecule has 0 saturated carbocycles. The summed E-state index contributed by atoms with van der Waals surface area (Å²) < 4.78 is 13.9. The van der Waals surface area contributed by atoms with Gasteiger partial charge in [0.2, 0.25) is 0 Å². The molecule has 1 aromatic carbocycles. The SMILES string of the molecule is FC1=C(c2cccc(N3CCCCC3)c2)NC(Cl)N=C1. The monoisotopic (exact) mass is 293 g/mol. The predicted molar refractivity (Wildman–Crippen MR) is 81.8 cm³/mol. The Kier molecular flexibility index (Phi) is 3.92. The molecule has 3 nitrogen and oxygen atoms in total. The summed E-state index contributed by atoms with van der Waals surface area (Å²) in [5, 5.41) is 2.87. The first-order valence-corrected chi connectivity index (χ1v) is 7.36. The van der Waals surface area contributed by atoms with Gasteiger partial charge in [0, 0.05) is 24.3 Å². The smallest absolute Gasteiger partial charge is 0.195 e. The number of piperidine rings is 1. The second-order valence-corrected chi connectivity index (χ2v) is 5.49. The van der Waals surface area contributed by atoms with Gasteiger partial charge >= 0.3 is 0 Å². The third-order valence-electron chi connectivity index (χ3n) is 3.68. The lowest BCUT2D eigenvalue weighted by Crippen LogP contribution is -2.29. The molecule has 3 rings (SSSR count). The number of hydrogen-bond acceptors (Lipinski definition) is 3. The Balaban J connectivity index is 1.89. The van der Waals surface area contributed by atoms with E-state index in [4.69, 9.17) is 11.6 Å². The van der Waals surface area contributed by atoms with Gasteiger partial charge in [-0.05, 0) is 31.4 Å². The van der Waals surface area contributed by atoms with Crippen molar-refractivity contribution in [1.29, 1.82) is 0 Å². The molecule has 106 valence electrons. The Bertz CT molecular complexity index is 550. The minimum atomic E-state index is -0.608. The molecule has 5 heteroatoms. The van der Waals surface area contributed by atoms with Gasteiger partial charge in [-0.25, -0.2) is 4.39 Å². The van der Waals surface area contributed by atoms with Gasteiger partial charge in [0.25, 0.3) is 0 Å². The molecule has 0 spiro atoms. The van der Waals surface area contributed by atoms with E-state index in [0.29, 0.717) is 5.70 Å². The van der Waals surface area contributed by atoms with Crippen molar-refractivity contribution in [2.75, 3.05) is 18.0 Å². The average Bonchev–Trinajstić information content (AvgIpc) is 2.51. The Morgan fingerprint density at radius 3 is 2.85 bits per heavy atom. The number of hydrogen-bond donors (Lipinski definition) is 1. The van der Waals surface area contributed by atoms with Crippen LogP contribution < -0.4 is 10.2 Å². The molecule has 0 aromatic heterocycles. The molecule has 0 amide bonds. The second-order valence-electron chi connectivity index (χ2n) is 5.08. The van der Waals surface area contributed by atoms with Gasteiger partial charge in [-0.15, -0.1) is 0 Å². The first-order valence-electron chi connectivity index (χ1n) is 6.93. The summed E-state index contributed by atoms with van der Waals surface area (Å²) in [6, 6.07) is 7.92. The van der Waals surface area contributed by atoms with E-state index >= 15 is 0 Å². The summed E-state index contributed by atoms with van der Waals surface area (Å²) in [6.45, 7) is 2.13. The van der Waals surface area contributed by atoms with Gasteiger partial charge in [0.1, 0.15) is 0 Å².